The SMILES string of the molecule is Cc1csc(CC(=O)N/N=C\c2ccccc2C(F)(F)F)n1. The van der Waals surface area contributed by atoms with E-state index >= 15 is 0 Å². The summed E-state index contributed by atoms with van der Waals surface area (Å²) in [5.41, 5.74) is 2.10. The number of benzene rings is 1. The van der Waals surface area contributed by atoms with Crippen LogP contribution in [0.15, 0.2) is 34.7 Å². The molecule has 2 aromatic rings. The Morgan fingerprint density at radius 1 is 1.41 bits per heavy atom. The van der Waals surface area contributed by atoms with Crippen molar-refractivity contribution >= 4 is 23.5 Å². The van der Waals surface area contributed by atoms with Crippen LogP contribution in [-0.2, 0) is 17.4 Å². The number of hydrogen-bond acceptors (Lipinski definition) is 4. The molecule has 0 aliphatic heterocycles. The first-order chi connectivity index (χ1) is 10.4. The van der Waals surface area contributed by atoms with Gasteiger partial charge in [-0.15, -0.1) is 11.3 Å². The number of alkyl halides is 3. The summed E-state index contributed by atoms with van der Waals surface area (Å²) in [6, 6.07) is 5.00. The van der Waals surface area contributed by atoms with Crippen molar-refractivity contribution in [3.63, 3.8) is 0 Å². The van der Waals surface area contributed by atoms with Crippen LogP contribution < -0.4 is 5.43 Å². The Hall–Kier alpha value is -2.22. The maximum atomic E-state index is 12.8. The average molecular weight is 327 g/mol. The van der Waals surface area contributed by atoms with E-state index < -0.39 is 17.6 Å². The van der Waals surface area contributed by atoms with Crippen molar-refractivity contribution in [2.24, 2.45) is 5.10 Å². The molecule has 1 aromatic heterocycles. The van der Waals surface area contributed by atoms with E-state index in [1.54, 1.807) is 0 Å². The predicted molar refractivity (Wildman–Crippen MR) is 77.7 cm³/mol. The zero-order valence-electron chi connectivity index (χ0n) is 11.5. The van der Waals surface area contributed by atoms with E-state index in [2.05, 4.69) is 15.5 Å². The molecule has 0 aliphatic carbocycles. The maximum Gasteiger partial charge on any atom is 0.417 e. The van der Waals surface area contributed by atoms with Gasteiger partial charge in [0.15, 0.2) is 0 Å². The van der Waals surface area contributed by atoms with Crippen LogP contribution in [0.1, 0.15) is 21.8 Å². The normalized spacial score (nSPS) is 11.8. The van der Waals surface area contributed by atoms with Crippen LogP contribution in [0.5, 0.6) is 0 Å². The van der Waals surface area contributed by atoms with Crippen LogP contribution in [0.25, 0.3) is 0 Å². The second-order valence-electron chi connectivity index (χ2n) is 4.44. The number of thiazole rings is 1. The van der Waals surface area contributed by atoms with Gasteiger partial charge in [0, 0.05) is 16.6 Å². The van der Waals surface area contributed by atoms with Gasteiger partial charge >= 0.3 is 6.18 Å². The summed E-state index contributed by atoms with van der Waals surface area (Å²) in [6.07, 6.45) is -3.45. The lowest BCUT2D eigenvalue weighted by atomic mass is 10.1. The van der Waals surface area contributed by atoms with Gasteiger partial charge in [0.2, 0.25) is 5.91 Å². The Morgan fingerprint density at radius 2 is 2.14 bits per heavy atom. The molecule has 1 amide bonds. The van der Waals surface area contributed by atoms with E-state index in [4.69, 9.17) is 0 Å². The number of hydrogen-bond donors (Lipinski definition) is 1. The zero-order chi connectivity index (χ0) is 16.2. The third kappa shape index (κ3) is 4.39. The van der Waals surface area contributed by atoms with Gasteiger partial charge in [-0.1, -0.05) is 18.2 Å². The van der Waals surface area contributed by atoms with Crippen molar-refractivity contribution in [3.8, 4) is 0 Å². The number of halogens is 3. The minimum atomic E-state index is -4.47. The third-order valence-corrected chi connectivity index (χ3v) is 3.60. The van der Waals surface area contributed by atoms with Gasteiger partial charge in [0.05, 0.1) is 18.2 Å². The van der Waals surface area contributed by atoms with Gasteiger partial charge in [-0.3, -0.25) is 4.79 Å². The number of carbonyl (C=O) groups excluding carboxylic acids is 1. The minimum Gasteiger partial charge on any atom is -0.273 e. The molecule has 0 saturated carbocycles. The molecule has 0 fully saturated rings. The lowest BCUT2D eigenvalue weighted by molar-refractivity contribution is -0.137. The average Bonchev–Trinajstić information content (AvgIpc) is 2.83. The number of carbonyl (C=O) groups is 1. The number of nitrogens with zero attached hydrogens (tertiary/aromatic N) is 2. The lowest BCUT2D eigenvalue weighted by Crippen LogP contribution is -2.20. The number of rotatable bonds is 4. The number of nitrogens with one attached hydrogen (secondary N) is 1. The number of aryl methyl sites for hydroxylation is 1. The fourth-order valence-corrected chi connectivity index (χ4v) is 2.47. The Kier molecular flexibility index (Phi) is 4.92. The highest BCUT2D eigenvalue weighted by molar-refractivity contribution is 7.09. The molecule has 0 aliphatic rings. The molecule has 116 valence electrons. The third-order valence-electron chi connectivity index (χ3n) is 2.64. The van der Waals surface area contributed by atoms with Gasteiger partial charge in [-0.05, 0) is 13.0 Å². The molecular formula is C14H12F3N3OS. The Labute approximate surface area is 128 Å². The van der Waals surface area contributed by atoms with E-state index in [1.807, 2.05) is 12.3 Å². The Morgan fingerprint density at radius 3 is 2.77 bits per heavy atom. The molecule has 0 saturated heterocycles. The Bertz CT molecular complexity index is 695. The maximum absolute atomic E-state index is 12.8. The quantitative estimate of drug-likeness (QED) is 0.693. The van der Waals surface area contributed by atoms with Crippen molar-refractivity contribution in [1.29, 1.82) is 0 Å². The smallest absolute Gasteiger partial charge is 0.273 e. The first-order valence-corrected chi connectivity index (χ1v) is 7.13. The second-order valence-corrected chi connectivity index (χ2v) is 5.38. The van der Waals surface area contributed by atoms with Crippen LogP contribution in [0.3, 0.4) is 0 Å². The summed E-state index contributed by atoms with van der Waals surface area (Å²) in [7, 11) is 0. The summed E-state index contributed by atoms with van der Waals surface area (Å²) < 4.78 is 38.3. The van der Waals surface area contributed by atoms with Crippen LogP contribution in [0.4, 0.5) is 13.2 Å². The Balaban J connectivity index is 1.99. The molecule has 0 atom stereocenters. The topological polar surface area (TPSA) is 54.4 Å². The molecular weight excluding hydrogens is 315 g/mol. The molecule has 22 heavy (non-hydrogen) atoms. The summed E-state index contributed by atoms with van der Waals surface area (Å²) in [5.74, 6) is -0.435. The number of hydrazone groups is 1. The number of aromatic nitrogens is 1. The van der Waals surface area contributed by atoms with Crippen LogP contribution in [0, 0.1) is 6.92 Å². The first-order valence-electron chi connectivity index (χ1n) is 6.25. The van der Waals surface area contributed by atoms with Crippen LogP contribution >= 0.6 is 11.3 Å². The van der Waals surface area contributed by atoms with Gasteiger partial charge < -0.3 is 0 Å². The highest BCUT2D eigenvalue weighted by Gasteiger charge is 2.32. The first kappa shape index (κ1) is 16.2. The van der Waals surface area contributed by atoms with Gasteiger partial charge in [-0.25, -0.2) is 10.4 Å². The van der Waals surface area contributed by atoms with Crippen molar-refractivity contribution in [2.75, 3.05) is 0 Å². The van der Waals surface area contributed by atoms with Crippen LogP contribution in [-0.4, -0.2) is 17.1 Å². The van der Waals surface area contributed by atoms with Crippen molar-refractivity contribution < 1.29 is 18.0 Å². The van der Waals surface area contributed by atoms with Gasteiger partial charge in [0.25, 0.3) is 0 Å². The zero-order valence-corrected chi connectivity index (χ0v) is 12.3. The summed E-state index contributed by atoms with van der Waals surface area (Å²) in [4.78, 5) is 15.7. The fraction of sp³-hybridized carbons (Fsp3) is 0.214. The molecule has 0 bridgehead atoms. The van der Waals surface area contributed by atoms with E-state index in [-0.39, 0.29) is 12.0 Å². The summed E-state index contributed by atoms with van der Waals surface area (Å²) in [6.45, 7) is 1.81. The number of amides is 1. The van der Waals surface area contributed by atoms with Gasteiger partial charge in [-0.2, -0.15) is 18.3 Å². The van der Waals surface area contributed by atoms with Crippen LogP contribution in [0.2, 0.25) is 0 Å². The molecule has 1 aromatic carbocycles. The highest BCUT2D eigenvalue weighted by Crippen LogP contribution is 2.30. The fourth-order valence-electron chi connectivity index (χ4n) is 1.70. The minimum absolute atomic E-state index is 0.0385. The second kappa shape index (κ2) is 6.69. The van der Waals surface area contributed by atoms with E-state index in [0.29, 0.717) is 5.01 Å². The van der Waals surface area contributed by atoms with E-state index in [0.717, 1.165) is 18.0 Å². The predicted octanol–water partition coefficient (Wildman–Crippen LogP) is 3.16. The van der Waals surface area contributed by atoms with Gasteiger partial charge in [0.1, 0.15) is 5.01 Å². The highest BCUT2D eigenvalue weighted by atomic mass is 32.1. The molecule has 0 radical (unpaired) electrons. The molecule has 1 N–H and O–H groups in total. The monoisotopic (exact) mass is 327 g/mol. The van der Waals surface area contributed by atoms with E-state index in [1.165, 1.54) is 29.5 Å². The molecule has 8 heteroatoms. The summed E-state index contributed by atoms with van der Waals surface area (Å²) in [5, 5.41) is 6.01. The lowest BCUT2D eigenvalue weighted by Gasteiger charge is -2.09. The van der Waals surface area contributed by atoms with E-state index in [9.17, 15) is 18.0 Å². The standard InChI is InChI=1S/C14H12F3N3OS/c1-9-8-22-13(19-9)6-12(21)20-18-7-10-4-2-3-5-11(10)14(15,16)17/h2-5,7-8H,6H2,1H3,(H,20,21)/b18-7-. The summed E-state index contributed by atoms with van der Waals surface area (Å²) >= 11 is 1.34. The molecule has 0 spiro atoms. The van der Waals surface area contributed by atoms with Crippen molar-refractivity contribution in [2.45, 2.75) is 19.5 Å². The molecule has 2 rings (SSSR count). The molecule has 4 nitrogen and oxygen atoms in total. The van der Waals surface area contributed by atoms with Crippen molar-refractivity contribution in [1.82, 2.24) is 10.4 Å². The molecule has 1 heterocycles. The van der Waals surface area contributed by atoms with Crippen molar-refractivity contribution in [3.05, 3.63) is 51.5 Å². The molecule has 0 unspecified atom stereocenters. The largest absolute Gasteiger partial charge is 0.417 e.